The van der Waals surface area contributed by atoms with Crippen LogP contribution in [-0.2, 0) is 6.54 Å². The fraction of sp³-hybridized carbons (Fsp3) is 0.391. The van der Waals surface area contributed by atoms with Gasteiger partial charge in [0.2, 0.25) is 0 Å². The Hall–Kier alpha value is -2.42. The zero-order valence-electron chi connectivity index (χ0n) is 16.0. The molecule has 136 valence electrons. The van der Waals surface area contributed by atoms with E-state index in [0.717, 1.165) is 29.9 Å². The van der Waals surface area contributed by atoms with Crippen LogP contribution in [0.25, 0.3) is 22.5 Å². The molecule has 1 heterocycles. The zero-order chi connectivity index (χ0) is 18.2. The molecule has 0 spiro atoms. The molecule has 3 rings (SSSR count). The van der Waals surface area contributed by atoms with Crippen molar-refractivity contribution in [3.05, 3.63) is 60.2 Å². The molecule has 0 atom stereocenters. The first-order chi connectivity index (χ1) is 12.8. The quantitative estimate of drug-likeness (QED) is 0.426. The minimum absolute atomic E-state index is 0.926. The first-order valence-electron chi connectivity index (χ1n) is 9.85. The molecule has 0 saturated carbocycles. The Morgan fingerprint density at radius 3 is 2.19 bits per heavy atom. The second-order valence-electron chi connectivity index (χ2n) is 7.01. The van der Waals surface area contributed by atoms with Crippen LogP contribution in [0.5, 0.6) is 0 Å². The molecule has 3 heteroatoms. The predicted octanol–water partition coefficient (Wildman–Crippen LogP) is 6.28. The molecule has 0 aliphatic carbocycles. The smallest absolute Gasteiger partial charge is 0.121 e. The van der Waals surface area contributed by atoms with E-state index in [9.17, 15) is 0 Å². The molecular formula is C23H29N3. The van der Waals surface area contributed by atoms with Gasteiger partial charge in [-0.25, -0.2) is 4.68 Å². The van der Waals surface area contributed by atoms with Crippen molar-refractivity contribution in [3.63, 3.8) is 0 Å². The van der Waals surface area contributed by atoms with Crippen molar-refractivity contribution in [2.24, 2.45) is 0 Å². The summed E-state index contributed by atoms with van der Waals surface area (Å²) in [5, 5.41) is 9.02. The van der Waals surface area contributed by atoms with Crippen LogP contribution in [0.4, 0.5) is 0 Å². The minimum atomic E-state index is 0.926. The van der Waals surface area contributed by atoms with Gasteiger partial charge in [-0.3, -0.25) is 0 Å². The SMILES string of the molecule is CCCCCCCCn1nnc(-c2ccccc2)c1-c1ccc(C)cc1. The van der Waals surface area contributed by atoms with E-state index in [-0.39, 0.29) is 0 Å². The zero-order valence-corrected chi connectivity index (χ0v) is 16.0. The van der Waals surface area contributed by atoms with Gasteiger partial charge in [0.15, 0.2) is 0 Å². The molecule has 0 amide bonds. The second-order valence-corrected chi connectivity index (χ2v) is 7.01. The highest BCUT2D eigenvalue weighted by atomic mass is 15.4. The van der Waals surface area contributed by atoms with Gasteiger partial charge in [0.05, 0.1) is 5.69 Å². The molecule has 0 unspecified atom stereocenters. The third-order valence-corrected chi connectivity index (χ3v) is 4.83. The molecule has 0 N–H and O–H groups in total. The highest BCUT2D eigenvalue weighted by Crippen LogP contribution is 2.30. The summed E-state index contributed by atoms with van der Waals surface area (Å²) in [5.41, 5.74) is 5.68. The maximum absolute atomic E-state index is 4.53. The molecule has 0 saturated heterocycles. The number of unbranched alkanes of at least 4 members (excludes halogenated alkanes) is 5. The number of aryl methyl sites for hydroxylation is 2. The van der Waals surface area contributed by atoms with Crippen LogP contribution in [0.1, 0.15) is 51.0 Å². The van der Waals surface area contributed by atoms with E-state index in [4.69, 9.17) is 0 Å². The lowest BCUT2D eigenvalue weighted by atomic mass is 10.0. The predicted molar refractivity (Wildman–Crippen MR) is 109 cm³/mol. The van der Waals surface area contributed by atoms with Crippen LogP contribution in [-0.4, -0.2) is 15.0 Å². The van der Waals surface area contributed by atoms with Gasteiger partial charge >= 0.3 is 0 Å². The molecule has 3 aromatic rings. The summed E-state index contributed by atoms with van der Waals surface area (Å²) in [6.45, 7) is 5.30. The molecule has 26 heavy (non-hydrogen) atoms. The number of benzene rings is 2. The van der Waals surface area contributed by atoms with Gasteiger partial charge in [-0.1, -0.05) is 104 Å². The van der Waals surface area contributed by atoms with E-state index in [2.05, 4.69) is 77.4 Å². The lowest BCUT2D eigenvalue weighted by Crippen LogP contribution is -2.03. The fourth-order valence-corrected chi connectivity index (χ4v) is 3.30. The highest BCUT2D eigenvalue weighted by Gasteiger charge is 2.16. The first kappa shape index (κ1) is 18.4. The number of hydrogen-bond donors (Lipinski definition) is 0. The van der Waals surface area contributed by atoms with Gasteiger partial charge in [0.1, 0.15) is 5.69 Å². The third-order valence-electron chi connectivity index (χ3n) is 4.83. The topological polar surface area (TPSA) is 30.7 Å². The van der Waals surface area contributed by atoms with Crippen molar-refractivity contribution in [3.8, 4) is 22.5 Å². The number of hydrogen-bond acceptors (Lipinski definition) is 2. The van der Waals surface area contributed by atoms with Crippen molar-refractivity contribution in [1.29, 1.82) is 0 Å². The Morgan fingerprint density at radius 2 is 1.46 bits per heavy atom. The molecule has 1 aromatic heterocycles. The lowest BCUT2D eigenvalue weighted by molar-refractivity contribution is 0.520. The van der Waals surface area contributed by atoms with E-state index >= 15 is 0 Å². The Kier molecular flexibility index (Phi) is 6.59. The van der Waals surface area contributed by atoms with E-state index < -0.39 is 0 Å². The van der Waals surface area contributed by atoms with Crippen LogP contribution >= 0.6 is 0 Å². The Balaban J connectivity index is 1.82. The summed E-state index contributed by atoms with van der Waals surface area (Å²) in [6.07, 6.45) is 7.70. The monoisotopic (exact) mass is 347 g/mol. The Labute approximate surface area is 157 Å². The van der Waals surface area contributed by atoms with Crippen molar-refractivity contribution in [1.82, 2.24) is 15.0 Å². The van der Waals surface area contributed by atoms with E-state index in [1.807, 2.05) is 6.07 Å². The minimum Gasteiger partial charge on any atom is -0.244 e. The number of rotatable bonds is 9. The van der Waals surface area contributed by atoms with Crippen LogP contribution in [0.15, 0.2) is 54.6 Å². The normalized spacial score (nSPS) is 11.0. The van der Waals surface area contributed by atoms with Gasteiger partial charge in [0, 0.05) is 17.7 Å². The largest absolute Gasteiger partial charge is 0.244 e. The molecular weight excluding hydrogens is 318 g/mol. The van der Waals surface area contributed by atoms with Gasteiger partial charge < -0.3 is 0 Å². The lowest BCUT2D eigenvalue weighted by Gasteiger charge is -2.09. The van der Waals surface area contributed by atoms with Crippen molar-refractivity contribution in [2.75, 3.05) is 0 Å². The standard InChI is InChI=1S/C23H29N3/c1-3-4-5-6-7-11-18-26-23(21-16-14-19(2)15-17-21)22(24-25-26)20-12-9-8-10-13-20/h8-10,12-17H,3-7,11,18H2,1-2H3. The van der Waals surface area contributed by atoms with E-state index in [0.29, 0.717) is 0 Å². The molecule has 0 aliphatic rings. The second kappa shape index (κ2) is 9.33. The van der Waals surface area contributed by atoms with E-state index in [1.165, 1.54) is 43.2 Å². The van der Waals surface area contributed by atoms with E-state index in [1.54, 1.807) is 0 Å². The molecule has 0 bridgehead atoms. The maximum Gasteiger partial charge on any atom is 0.121 e. The van der Waals surface area contributed by atoms with Crippen LogP contribution in [0.2, 0.25) is 0 Å². The summed E-state index contributed by atoms with van der Waals surface area (Å²) >= 11 is 0. The van der Waals surface area contributed by atoms with Crippen LogP contribution < -0.4 is 0 Å². The van der Waals surface area contributed by atoms with Crippen molar-refractivity contribution >= 4 is 0 Å². The molecule has 2 aromatic carbocycles. The first-order valence-corrected chi connectivity index (χ1v) is 9.85. The summed E-state index contributed by atoms with van der Waals surface area (Å²) in [6, 6.07) is 19.0. The number of nitrogens with zero attached hydrogens (tertiary/aromatic N) is 3. The Morgan fingerprint density at radius 1 is 0.769 bits per heavy atom. The summed E-state index contributed by atoms with van der Waals surface area (Å²) < 4.78 is 2.09. The van der Waals surface area contributed by atoms with Crippen molar-refractivity contribution < 1.29 is 0 Å². The highest BCUT2D eigenvalue weighted by molar-refractivity contribution is 5.77. The molecule has 0 aliphatic heterocycles. The summed E-state index contributed by atoms with van der Waals surface area (Å²) in [5.74, 6) is 0. The summed E-state index contributed by atoms with van der Waals surface area (Å²) in [4.78, 5) is 0. The third kappa shape index (κ3) is 4.60. The van der Waals surface area contributed by atoms with Gasteiger partial charge in [0.25, 0.3) is 0 Å². The fourth-order valence-electron chi connectivity index (χ4n) is 3.30. The Bertz CT molecular complexity index is 788. The number of aromatic nitrogens is 3. The van der Waals surface area contributed by atoms with Gasteiger partial charge in [-0.15, -0.1) is 5.10 Å². The van der Waals surface area contributed by atoms with Crippen LogP contribution in [0.3, 0.4) is 0 Å². The molecule has 0 radical (unpaired) electrons. The average Bonchev–Trinajstić information content (AvgIpc) is 3.10. The van der Waals surface area contributed by atoms with Crippen molar-refractivity contribution in [2.45, 2.75) is 58.9 Å². The average molecular weight is 348 g/mol. The molecule has 0 fully saturated rings. The van der Waals surface area contributed by atoms with Crippen LogP contribution in [0, 0.1) is 6.92 Å². The maximum atomic E-state index is 4.53. The molecule has 3 nitrogen and oxygen atoms in total. The van der Waals surface area contributed by atoms with Gasteiger partial charge in [-0.2, -0.15) is 0 Å². The van der Waals surface area contributed by atoms with Gasteiger partial charge in [-0.05, 0) is 13.3 Å². The summed E-state index contributed by atoms with van der Waals surface area (Å²) in [7, 11) is 0.